The van der Waals surface area contributed by atoms with Gasteiger partial charge in [0.05, 0.1) is 5.56 Å². The van der Waals surface area contributed by atoms with Crippen molar-refractivity contribution in [3.63, 3.8) is 0 Å². The molecule has 35 heavy (non-hydrogen) atoms. The third-order valence-corrected chi connectivity index (χ3v) is 7.38. The van der Waals surface area contributed by atoms with E-state index in [1.54, 1.807) is 6.07 Å². The zero-order chi connectivity index (χ0) is 25.0. The normalized spacial score (nSPS) is 19.0. The second-order valence-corrected chi connectivity index (χ2v) is 9.70. The lowest BCUT2D eigenvalue weighted by Gasteiger charge is -2.29. The molecule has 0 aromatic heterocycles. The summed E-state index contributed by atoms with van der Waals surface area (Å²) in [5.41, 5.74) is 0.867. The zero-order valence-corrected chi connectivity index (χ0v) is 20.0. The molecule has 5 heteroatoms. The minimum Gasteiger partial charge on any atom is -0.206 e. The van der Waals surface area contributed by atoms with Gasteiger partial charge in [-0.15, -0.1) is 0 Å². The molecule has 0 atom stereocenters. The van der Waals surface area contributed by atoms with Crippen LogP contribution >= 0.6 is 0 Å². The summed E-state index contributed by atoms with van der Waals surface area (Å²) in [6.45, 7) is 2.06. The number of aryl methyl sites for hydroxylation is 2. The van der Waals surface area contributed by atoms with Gasteiger partial charge in [0.25, 0.3) is 0 Å². The minimum atomic E-state index is -4.72. The van der Waals surface area contributed by atoms with Crippen LogP contribution in [0.1, 0.15) is 73.6 Å². The summed E-state index contributed by atoms with van der Waals surface area (Å²) in [5.74, 6) is -0.307. The van der Waals surface area contributed by atoms with E-state index in [-0.39, 0.29) is 18.7 Å². The van der Waals surface area contributed by atoms with Crippen LogP contribution in [0.4, 0.5) is 22.0 Å². The number of hydrogen-bond acceptors (Lipinski definition) is 0. The summed E-state index contributed by atoms with van der Waals surface area (Å²) in [6.07, 6.45) is 7.36. The van der Waals surface area contributed by atoms with Gasteiger partial charge in [-0.2, -0.15) is 13.2 Å². The van der Waals surface area contributed by atoms with Gasteiger partial charge in [0, 0.05) is 5.39 Å². The third kappa shape index (κ3) is 6.12. The van der Waals surface area contributed by atoms with Crippen LogP contribution in [0.2, 0.25) is 0 Å². The van der Waals surface area contributed by atoms with E-state index >= 15 is 4.39 Å². The molecule has 0 bridgehead atoms. The smallest absolute Gasteiger partial charge is 0.206 e. The highest BCUT2D eigenvalue weighted by Crippen LogP contribution is 2.39. The highest BCUT2D eigenvalue weighted by atomic mass is 19.4. The average molecular weight is 487 g/mol. The number of fused-ring (bicyclic) bond motifs is 1. The molecule has 1 aliphatic carbocycles. The first kappa shape index (κ1) is 25.4. The number of benzene rings is 3. The van der Waals surface area contributed by atoms with Crippen LogP contribution in [0.15, 0.2) is 60.7 Å². The molecular formula is C30H31F5. The topological polar surface area (TPSA) is 0 Å². The summed E-state index contributed by atoms with van der Waals surface area (Å²) in [5, 5.41) is 1.41. The van der Waals surface area contributed by atoms with Crippen molar-refractivity contribution in [2.45, 2.75) is 70.4 Å². The Balaban J connectivity index is 1.42. The van der Waals surface area contributed by atoms with Gasteiger partial charge in [-0.05, 0) is 104 Å². The SMILES string of the molecule is C/C=C/CCC1CCC(c2ccc3c(F)c(CCc4ccc(C(F)(F)F)c(F)c4)ccc3c2)CC1. The quantitative estimate of drug-likeness (QED) is 0.230. The van der Waals surface area contributed by atoms with Crippen molar-refractivity contribution in [1.29, 1.82) is 0 Å². The Morgan fingerprint density at radius 1 is 0.886 bits per heavy atom. The third-order valence-electron chi connectivity index (χ3n) is 7.38. The Kier molecular flexibility index (Phi) is 7.93. The maximum atomic E-state index is 15.2. The van der Waals surface area contributed by atoms with E-state index < -0.39 is 17.6 Å². The molecule has 186 valence electrons. The molecule has 1 fully saturated rings. The number of alkyl halides is 3. The maximum absolute atomic E-state index is 15.2. The molecule has 0 saturated heterocycles. The molecule has 0 aliphatic heterocycles. The number of halogens is 5. The van der Waals surface area contributed by atoms with Crippen molar-refractivity contribution in [2.24, 2.45) is 5.92 Å². The molecule has 0 heterocycles. The van der Waals surface area contributed by atoms with Crippen LogP contribution in [0, 0.1) is 17.6 Å². The van der Waals surface area contributed by atoms with Crippen LogP contribution in [-0.4, -0.2) is 0 Å². The first-order valence-corrected chi connectivity index (χ1v) is 12.4. The highest BCUT2D eigenvalue weighted by Gasteiger charge is 2.33. The van der Waals surface area contributed by atoms with Crippen molar-refractivity contribution in [3.05, 3.63) is 94.6 Å². The molecule has 0 N–H and O–H groups in total. The lowest BCUT2D eigenvalue weighted by atomic mass is 9.77. The summed E-state index contributed by atoms with van der Waals surface area (Å²) in [4.78, 5) is 0. The van der Waals surface area contributed by atoms with Gasteiger partial charge in [0.1, 0.15) is 11.6 Å². The molecule has 0 amide bonds. The molecule has 0 nitrogen and oxygen atoms in total. The minimum absolute atomic E-state index is 0.257. The molecule has 0 unspecified atom stereocenters. The van der Waals surface area contributed by atoms with Crippen LogP contribution in [0.3, 0.4) is 0 Å². The second kappa shape index (κ2) is 10.9. The number of rotatable bonds is 7. The Bertz CT molecular complexity index is 1180. The van der Waals surface area contributed by atoms with Crippen LogP contribution in [0.5, 0.6) is 0 Å². The van der Waals surface area contributed by atoms with E-state index in [1.807, 2.05) is 18.2 Å². The van der Waals surface area contributed by atoms with Gasteiger partial charge in [-0.1, -0.05) is 48.6 Å². The van der Waals surface area contributed by atoms with Crippen LogP contribution in [-0.2, 0) is 19.0 Å². The van der Waals surface area contributed by atoms with Gasteiger partial charge in [-0.25, -0.2) is 8.78 Å². The zero-order valence-electron chi connectivity index (χ0n) is 20.0. The standard InChI is InChI=1S/C30H31F5/c1-2-3-4-5-20-6-10-22(11-7-20)24-15-16-26-25(19-24)14-13-23(29(26)32)12-8-21-9-17-27(28(31)18-21)30(33,34)35/h2-3,9,13-20,22H,4-8,10-12H2,1H3/b3-2+. The molecule has 0 spiro atoms. The number of hydrogen-bond donors (Lipinski definition) is 0. The van der Waals surface area contributed by atoms with Gasteiger partial charge in [0.15, 0.2) is 0 Å². The highest BCUT2D eigenvalue weighted by molar-refractivity contribution is 5.84. The van der Waals surface area contributed by atoms with Gasteiger partial charge >= 0.3 is 6.18 Å². The van der Waals surface area contributed by atoms with Crippen molar-refractivity contribution in [3.8, 4) is 0 Å². The summed E-state index contributed by atoms with van der Waals surface area (Å²) in [6, 6.07) is 12.5. The predicted octanol–water partition coefficient (Wildman–Crippen LogP) is 9.55. The molecule has 1 aliphatic rings. The Labute approximate surface area is 203 Å². The second-order valence-electron chi connectivity index (χ2n) is 9.70. The molecular weight excluding hydrogens is 455 g/mol. The van der Waals surface area contributed by atoms with E-state index in [2.05, 4.69) is 25.1 Å². The van der Waals surface area contributed by atoms with E-state index in [9.17, 15) is 17.6 Å². The molecule has 4 rings (SSSR count). The van der Waals surface area contributed by atoms with Crippen molar-refractivity contribution < 1.29 is 22.0 Å². The maximum Gasteiger partial charge on any atom is 0.419 e. The Morgan fingerprint density at radius 2 is 1.66 bits per heavy atom. The van der Waals surface area contributed by atoms with Crippen molar-refractivity contribution >= 4 is 10.8 Å². The van der Waals surface area contributed by atoms with E-state index in [4.69, 9.17) is 0 Å². The summed E-state index contributed by atoms with van der Waals surface area (Å²) < 4.78 is 67.3. The summed E-state index contributed by atoms with van der Waals surface area (Å²) >= 11 is 0. The van der Waals surface area contributed by atoms with Gasteiger partial charge in [-0.3, -0.25) is 0 Å². The van der Waals surface area contributed by atoms with E-state index in [1.165, 1.54) is 30.9 Å². The average Bonchev–Trinajstić information content (AvgIpc) is 2.83. The molecule has 0 radical (unpaired) electrons. The lowest BCUT2D eigenvalue weighted by molar-refractivity contribution is -0.140. The predicted molar refractivity (Wildman–Crippen MR) is 131 cm³/mol. The molecule has 3 aromatic carbocycles. The van der Waals surface area contributed by atoms with Gasteiger partial charge < -0.3 is 0 Å². The number of allylic oxidation sites excluding steroid dienone is 2. The molecule has 1 saturated carbocycles. The van der Waals surface area contributed by atoms with Crippen molar-refractivity contribution in [1.82, 2.24) is 0 Å². The Morgan fingerprint density at radius 3 is 2.34 bits per heavy atom. The first-order chi connectivity index (χ1) is 16.8. The largest absolute Gasteiger partial charge is 0.419 e. The van der Waals surface area contributed by atoms with Crippen LogP contribution < -0.4 is 0 Å². The Hall–Kier alpha value is -2.69. The first-order valence-electron chi connectivity index (χ1n) is 12.4. The van der Waals surface area contributed by atoms with Crippen LogP contribution in [0.25, 0.3) is 10.8 Å². The molecule has 3 aromatic rings. The lowest BCUT2D eigenvalue weighted by Crippen LogP contribution is -2.13. The fraction of sp³-hybridized carbons (Fsp3) is 0.400. The van der Waals surface area contributed by atoms with Crippen molar-refractivity contribution in [2.75, 3.05) is 0 Å². The van der Waals surface area contributed by atoms with Gasteiger partial charge in [0.2, 0.25) is 0 Å². The fourth-order valence-electron chi connectivity index (χ4n) is 5.31. The monoisotopic (exact) mass is 486 g/mol. The fourth-order valence-corrected chi connectivity index (χ4v) is 5.31. The summed E-state index contributed by atoms with van der Waals surface area (Å²) in [7, 11) is 0. The van der Waals surface area contributed by atoms with E-state index in [0.29, 0.717) is 22.4 Å². The van der Waals surface area contributed by atoms with E-state index in [0.717, 1.165) is 42.7 Å².